The number of rotatable bonds is 7. The minimum atomic E-state index is -0.320. The molecule has 0 aromatic rings. The highest BCUT2D eigenvalue weighted by Gasteiger charge is 2.29. The van der Waals surface area contributed by atoms with E-state index in [1.54, 1.807) is 7.11 Å². The van der Waals surface area contributed by atoms with Gasteiger partial charge in [0.1, 0.15) is 0 Å². The zero-order chi connectivity index (χ0) is 11.1. The monoisotopic (exact) mass is 214 g/mol. The average molecular weight is 214 g/mol. The van der Waals surface area contributed by atoms with Gasteiger partial charge in [-0.05, 0) is 25.8 Å². The van der Waals surface area contributed by atoms with Gasteiger partial charge in [0.2, 0.25) is 11.8 Å². The van der Waals surface area contributed by atoms with Crippen LogP contribution in [-0.4, -0.2) is 38.1 Å². The number of carbonyl (C=O) groups is 2. The van der Waals surface area contributed by atoms with Gasteiger partial charge in [-0.25, -0.2) is 0 Å². The van der Waals surface area contributed by atoms with Crippen molar-refractivity contribution < 1.29 is 14.3 Å². The van der Waals surface area contributed by atoms with Gasteiger partial charge >= 0.3 is 0 Å². The second-order valence-electron chi connectivity index (χ2n) is 3.68. The Morgan fingerprint density at radius 3 is 2.80 bits per heavy atom. The molecule has 0 radical (unpaired) electrons. The lowest BCUT2D eigenvalue weighted by Gasteiger charge is -2.08. The fourth-order valence-electron chi connectivity index (χ4n) is 1.54. The Hall–Kier alpha value is -0.940. The maximum Gasteiger partial charge on any atom is 0.244 e. The standard InChI is InChI=1S/C10H18N2O3/c1-15-6-4-2-3-5-11-8-7-9(13)12-10(8)14/h8,11H,2-7H2,1H3,(H,12,13,14). The molecule has 5 heteroatoms. The van der Waals surface area contributed by atoms with E-state index in [4.69, 9.17) is 4.74 Å². The molecule has 0 aromatic carbocycles. The molecule has 0 aliphatic carbocycles. The molecule has 0 saturated carbocycles. The minimum absolute atomic E-state index is 0.183. The number of methoxy groups -OCH3 is 1. The van der Waals surface area contributed by atoms with Gasteiger partial charge in [0.15, 0.2) is 0 Å². The van der Waals surface area contributed by atoms with Crippen molar-refractivity contribution in [2.75, 3.05) is 20.3 Å². The summed E-state index contributed by atoms with van der Waals surface area (Å²) in [5, 5.41) is 5.33. The molecule has 1 fully saturated rings. The Labute approximate surface area is 89.6 Å². The molecule has 0 bridgehead atoms. The molecule has 1 aliphatic rings. The SMILES string of the molecule is COCCCCCNC1CC(=O)NC1=O. The van der Waals surface area contributed by atoms with Crippen molar-refractivity contribution in [3.05, 3.63) is 0 Å². The molecule has 5 nitrogen and oxygen atoms in total. The predicted molar refractivity (Wildman–Crippen MR) is 55.3 cm³/mol. The molecule has 1 heterocycles. The molecule has 2 amide bonds. The van der Waals surface area contributed by atoms with Gasteiger partial charge < -0.3 is 10.1 Å². The Bertz CT molecular complexity index is 231. The summed E-state index contributed by atoms with van der Waals surface area (Å²) in [4.78, 5) is 22.0. The first kappa shape index (κ1) is 12.1. The summed E-state index contributed by atoms with van der Waals surface area (Å²) in [6, 6.07) is -0.320. The van der Waals surface area contributed by atoms with Crippen LogP contribution in [0.2, 0.25) is 0 Å². The molecule has 2 N–H and O–H groups in total. The van der Waals surface area contributed by atoms with Crippen molar-refractivity contribution in [2.45, 2.75) is 31.7 Å². The van der Waals surface area contributed by atoms with Crippen LogP contribution in [0.15, 0.2) is 0 Å². The topological polar surface area (TPSA) is 67.4 Å². The second-order valence-corrected chi connectivity index (χ2v) is 3.68. The fourth-order valence-corrected chi connectivity index (χ4v) is 1.54. The van der Waals surface area contributed by atoms with E-state index in [-0.39, 0.29) is 24.3 Å². The van der Waals surface area contributed by atoms with E-state index in [2.05, 4.69) is 10.6 Å². The summed E-state index contributed by atoms with van der Waals surface area (Å²) in [7, 11) is 1.69. The molecule has 1 saturated heterocycles. The van der Waals surface area contributed by atoms with Gasteiger partial charge in [0.05, 0.1) is 12.5 Å². The van der Waals surface area contributed by atoms with Crippen molar-refractivity contribution >= 4 is 11.8 Å². The Kier molecular flexibility index (Phi) is 5.28. The highest BCUT2D eigenvalue weighted by Crippen LogP contribution is 2.02. The van der Waals surface area contributed by atoms with Crippen LogP contribution >= 0.6 is 0 Å². The lowest BCUT2D eigenvalue weighted by atomic mass is 10.2. The highest BCUT2D eigenvalue weighted by molar-refractivity contribution is 6.05. The number of nitrogens with one attached hydrogen (secondary N) is 2. The lowest BCUT2D eigenvalue weighted by molar-refractivity contribution is -0.125. The number of imide groups is 1. The molecular formula is C10H18N2O3. The average Bonchev–Trinajstić information content (AvgIpc) is 2.51. The normalized spacial score (nSPS) is 20.7. The van der Waals surface area contributed by atoms with Gasteiger partial charge in [-0.15, -0.1) is 0 Å². The van der Waals surface area contributed by atoms with Crippen LogP contribution < -0.4 is 10.6 Å². The third-order valence-electron chi connectivity index (χ3n) is 2.38. The van der Waals surface area contributed by atoms with E-state index in [1.807, 2.05) is 0 Å². The Morgan fingerprint density at radius 1 is 1.40 bits per heavy atom. The van der Waals surface area contributed by atoms with Gasteiger partial charge in [0, 0.05) is 13.7 Å². The molecule has 0 aromatic heterocycles. The first-order valence-corrected chi connectivity index (χ1v) is 5.30. The Morgan fingerprint density at radius 2 is 2.20 bits per heavy atom. The molecule has 1 rings (SSSR count). The lowest BCUT2D eigenvalue weighted by Crippen LogP contribution is -2.36. The van der Waals surface area contributed by atoms with Crippen LogP contribution in [0.25, 0.3) is 0 Å². The van der Waals surface area contributed by atoms with E-state index in [0.717, 1.165) is 32.4 Å². The third kappa shape index (κ3) is 4.40. The maximum atomic E-state index is 11.1. The molecular weight excluding hydrogens is 196 g/mol. The summed E-state index contributed by atoms with van der Waals surface area (Å²) in [5.41, 5.74) is 0. The summed E-state index contributed by atoms with van der Waals surface area (Å²) in [6.45, 7) is 1.55. The van der Waals surface area contributed by atoms with Crippen molar-refractivity contribution in [1.82, 2.24) is 10.6 Å². The number of ether oxygens (including phenoxy) is 1. The number of hydrogen-bond donors (Lipinski definition) is 2. The van der Waals surface area contributed by atoms with Crippen molar-refractivity contribution in [3.8, 4) is 0 Å². The van der Waals surface area contributed by atoms with E-state index < -0.39 is 0 Å². The van der Waals surface area contributed by atoms with Gasteiger partial charge in [0.25, 0.3) is 0 Å². The highest BCUT2D eigenvalue weighted by atomic mass is 16.5. The molecule has 15 heavy (non-hydrogen) atoms. The van der Waals surface area contributed by atoms with Crippen LogP contribution in [-0.2, 0) is 14.3 Å². The predicted octanol–water partition coefficient (Wildman–Crippen LogP) is -0.192. The van der Waals surface area contributed by atoms with Gasteiger partial charge in [-0.3, -0.25) is 14.9 Å². The zero-order valence-electron chi connectivity index (χ0n) is 9.04. The second kappa shape index (κ2) is 6.53. The molecule has 1 atom stereocenters. The van der Waals surface area contributed by atoms with Crippen LogP contribution in [0.3, 0.4) is 0 Å². The van der Waals surface area contributed by atoms with Crippen LogP contribution in [0.1, 0.15) is 25.7 Å². The van der Waals surface area contributed by atoms with Crippen LogP contribution in [0.5, 0.6) is 0 Å². The first-order valence-electron chi connectivity index (χ1n) is 5.30. The van der Waals surface area contributed by atoms with Gasteiger partial charge in [-0.1, -0.05) is 0 Å². The van der Waals surface area contributed by atoms with Crippen molar-refractivity contribution in [2.24, 2.45) is 0 Å². The summed E-state index contributed by atoms with van der Waals surface area (Å²) >= 11 is 0. The number of hydrogen-bond acceptors (Lipinski definition) is 4. The minimum Gasteiger partial charge on any atom is -0.385 e. The zero-order valence-corrected chi connectivity index (χ0v) is 9.04. The summed E-state index contributed by atoms with van der Waals surface area (Å²) in [5.74, 6) is -0.381. The van der Waals surface area contributed by atoms with E-state index in [1.165, 1.54) is 0 Å². The first-order chi connectivity index (χ1) is 7.24. The van der Waals surface area contributed by atoms with Crippen LogP contribution in [0, 0.1) is 0 Å². The quantitative estimate of drug-likeness (QED) is 0.455. The maximum absolute atomic E-state index is 11.1. The van der Waals surface area contributed by atoms with E-state index in [9.17, 15) is 9.59 Å². The van der Waals surface area contributed by atoms with E-state index >= 15 is 0 Å². The number of carbonyl (C=O) groups excluding carboxylic acids is 2. The number of unbranched alkanes of at least 4 members (excludes halogenated alkanes) is 2. The Balaban J connectivity index is 2.00. The third-order valence-corrected chi connectivity index (χ3v) is 2.38. The smallest absolute Gasteiger partial charge is 0.244 e. The van der Waals surface area contributed by atoms with Crippen molar-refractivity contribution in [3.63, 3.8) is 0 Å². The largest absolute Gasteiger partial charge is 0.385 e. The number of amides is 2. The molecule has 0 spiro atoms. The van der Waals surface area contributed by atoms with Gasteiger partial charge in [-0.2, -0.15) is 0 Å². The van der Waals surface area contributed by atoms with Crippen molar-refractivity contribution in [1.29, 1.82) is 0 Å². The molecule has 1 unspecified atom stereocenters. The molecule has 1 aliphatic heterocycles. The summed E-state index contributed by atoms with van der Waals surface area (Å²) in [6.07, 6.45) is 3.38. The summed E-state index contributed by atoms with van der Waals surface area (Å²) < 4.78 is 4.92. The van der Waals surface area contributed by atoms with E-state index in [0.29, 0.717) is 0 Å². The van der Waals surface area contributed by atoms with Crippen LogP contribution in [0.4, 0.5) is 0 Å². The molecule has 86 valence electrons. The fraction of sp³-hybridized carbons (Fsp3) is 0.800.